The van der Waals surface area contributed by atoms with Crippen LogP contribution in [0.1, 0.15) is 492 Å². The number of hydrogen-bond donors (Lipinski definition) is 3. The topological polar surface area (TPSA) is 237 Å². The van der Waals surface area contributed by atoms with E-state index in [2.05, 4.69) is 48.5 Å². The van der Waals surface area contributed by atoms with Crippen LogP contribution in [-0.4, -0.2) is 96.7 Å². The predicted octanol–water partition coefficient (Wildman–Crippen LogP) is 28.4. The summed E-state index contributed by atoms with van der Waals surface area (Å²) in [4.78, 5) is 73.4. The molecule has 19 heteroatoms. The second kappa shape index (κ2) is 81.8. The second-order valence-corrected chi connectivity index (χ2v) is 36.9. The monoisotopic (exact) mass is 1620 g/mol. The maximum atomic E-state index is 13.2. The number of unbranched alkanes of at least 4 members (excludes halogenated alkanes) is 56. The predicted molar refractivity (Wildman–Crippen MR) is 460 cm³/mol. The molecule has 0 aromatic rings. The first-order valence-corrected chi connectivity index (χ1v) is 50.4. The van der Waals surface area contributed by atoms with E-state index in [0.717, 1.165) is 108 Å². The quantitative estimate of drug-likeness (QED) is 0.0222. The van der Waals surface area contributed by atoms with Gasteiger partial charge in [0, 0.05) is 25.7 Å². The van der Waals surface area contributed by atoms with Gasteiger partial charge in [0.25, 0.3) is 0 Å². The SMILES string of the molecule is CCCCCCCCCCCCCCCCCCCCCCCCC(=O)OC[C@H](COP(=O)(O)OC[C@@H](O)COP(=O)(O)OC[C@@H](COC(=O)CCCCCCCCC(C)C)OC(=O)CCCCCCCCCCCCCCCCC(C)CC)OC(=O)CCCCCCCCCCCCCCCCCCCCC(C)CC. The lowest BCUT2D eigenvalue weighted by Gasteiger charge is -2.21. The van der Waals surface area contributed by atoms with Gasteiger partial charge in [-0.05, 0) is 43.4 Å². The first-order valence-electron chi connectivity index (χ1n) is 47.4. The van der Waals surface area contributed by atoms with Gasteiger partial charge in [-0.15, -0.1) is 0 Å². The number of phosphoric ester groups is 2. The molecule has 111 heavy (non-hydrogen) atoms. The summed E-state index contributed by atoms with van der Waals surface area (Å²) in [5, 5.41) is 10.7. The molecule has 4 unspecified atom stereocenters. The third-order valence-corrected chi connectivity index (χ3v) is 24.3. The zero-order chi connectivity index (χ0) is 81.5. The van der Waals surface area contributed by atoms with Crippen LogP contribution in [0.2, 0.25) is 0 Å². The van der Waals surface area contributed by atoms with Crippen molar-refractivity contribution in [3.05, 3.63) is 0 Å². The first-order chi connectivity index (χ1) is 53.8. The number of esters is 4. The molecule has 660 valence electrons. The minimum absolute atomic E-state index is 0.107. The molecule has 0 saturated carbocycles. The molecule has 7 atom stereocenters. The van der Waals surface area contributed by atoms with Gasteiger partial charge in [0.2, 0.25) is 0 Å². The summed E-state index contributed by atoms with van der Waals surface area (Å²) >= 11 is 0. The number of carbonyl (C=O) groups excluding carboxylic acids is 4. The smallest absolute Gasteiger partial charge is 0.462 e. The Balaban J connectivity index is 5.20. The minimum Gasteiger partial charge on any atom is -0.462 e. The van der Waals surface area contributed by atoms with Gasteiger partial charge in [0.15, 0.2) is 12.2 Å². The number of phosphoric acid groups is 2. The molecule has 0 aliphatic rings. The second-order valence-electron chi connectivity index (χ2n) is 34.0. The molecule has 0 aliphatic carbocycles. The molecule has 0 saturated heterocycles. The molecule has 17 nitrogen and oxygen atoms in total. The van der Waals surface area contributed by atoms with Crippen molar-refractivity contribution in [1.29, 1.82) is 0 Å². The van der Waals surface area contributed by atoms with Crippen molar-refractivity contribution in [2.24, 2.45) is 17.8 Å². The largest absolute Gasteiger partial charge is 0.472 e. The number of rotatable bonds is 90. The van der Waals surface area contributed by atoms with Crippen molar-refractivity contribution in [3.63, 3.8) is 0 Å². The summed E-state index contributed by atoms with van der Waals surface area (Å²) in [7, 11) is -9.94. The highest BCUT2D eigenvalue weighted by Crippen LogP contribution is 2.45. The third kappa shape index (κ3) is 82.9. The number of aliphatic hydroxyl groups excluding tert-OH is 1. The molecule has 0 radical (unpaired) electrons. The summed E-state index contributed by atoms with van der Waals surface area (Å²) in [5.41, 5.74) is 0. The molecule has 0 spiro atoms. The van der Waals surface area contributed by atoms with Crippen molar-refractivity contribution in [2.75, 3.05) is 39.6 Å². The van der Waals surface area contributed by atoms with E-state index < -0.39 is 97.5 Å². The van der Waals surface area contributed by atoms with Crippen LogP contribution in [0.15, 0.2) is 0 Å². The number of hydrogen-bond acceptors (Lipinski definition) is 15. The van der Waals surface area contributed by atoms with E-state index in [9.17, 15) is 43.2 Å². The summed E-state index contributed by atoms with van der Waals surface area (Å²) < 4.78 is 69.0. The van der Waals surface area contributed by atoms with Crippen molar-refractivity contribution < 1.29 is 80.2 Å². The van der Waals surface area contributed by atoms with Gasteiger partial charge in [-0.25, -0.2) is 9.13 Å². The highest BCUT2D eigenvalue weighted by atomic mass is 31.2. The number of carbonyl (C=O) groups is 4. The Hall–Kier alpha value is -1.94. The maximum Gasteiger partial charge on any atom is 0.472 e. The van der Waals surface area contributed by atoms with Crippen LogP contribution in [0, 0.1) is 17.8 Å². The molecule has 0 amide bonds. The summed E-state index contributed by atoms with van der Waals surface area (Å²) in [6, 6.07) is 0. The molecule has 0 aromatic carbocycles. The van der Waals surface area contributed by atoms with Crippen LogP contribution in [0.25, 0.3) is 0 Å². The number of aliphatic hydroxyl groups is 1. The fraction of sp³-hybridized carbons (Fsp3) is 0.957. The highest BCUT2D eigenvalue weighted by Gasteiger charge is 2.31. The zero-order valence-corrected chi connectivity index (χ0v) is 75.2. The lowest BCUT2D eigenvalue weighted by molar-refractivity contribution is -0.161. The van der Waals surface area contributed by atoms with Crippen LogP contribution in [0.3, 0.4) is 0 Å². The third-order valence-electron chi connectivity index (χ3n) is 22.4. The van der Waals surface area contributed by atoms with Gasteiger partial charge in [-0.1, -0.05) is 440 Å². The standard InChI is InChI=1S/C92H180O17P2/c1-8-11-12-13-14-15-16-17-18-19-20-21-22-23-27-30-36-41-46-51-59-66-73-89(94)102-79-87(108-91(96)75-68-61-52-47-42-37-31-28-25-24-26-29-34-39-44-49-57-64-71-84(6)9-2)81-106-110(98,99)104-77-86(93)78-105-111(100,101)107-82-88(80-103-90(95)74-67-60-55-54-56-63-70-83(4)5)109-92(97)76-69-62-53-48-43-38-33-32-35-40-45-50-58-65-72-85(7)10-3/h83-88,93H,8-82H2,1-7H3,(H,98,99)(H,100,101)/t84?,85?,86-,87-,88-/m1/s1. The molecule has 0 fully saturated rings. The molecule has 0 aliphatic heterocycles. The van der Waals surface area contributed by atoms with Crippen LogP contribution < -0.4 is 0 Å². The first kappa shape index (κ1) is 109. The van der Waals surface area contributed by atoms with Crippen LogP contribution in [-0.2, 0) is 65.4 Å². The van der Waals surface area contributed by atoms with E-state index in [4.69, 9.17) is 37.0 Å². The highest BCUT2D eigenvalue weighted by molar-refractivity contribution is 7.47. The van der Waals surface area contributed by atoms with E-state index in [1.165, 1.54) is 295 Å². The Kier molecular flexibility index (Phi) is 80.4. The van der Waals surface area contributed by atoms with Gasteiger partial charge >= 0.3 is 39.5 Å². The fourth-order valence-electron chi connectivity index (χ4n) is 14.4. The average Bonchev–Trinajstić information content (AvgIpc) is 0.898. The van der Waals surface area contributed by atoms with Gasteiger partial charge < -0.3 is 33.8 Å². The molecule has 3 N–H and O–H groups in total. The van der Waals surface area contributed by atoms with Crippen LogP contribution in [0.4, 0.5) is 0 Å². The molecular formula is C92H180O17P2. The molecular weight excluding hydrogens is 1440 g/mol. The van der Waals surface area contributed by atoms with Crippen molar-refractivity contribution in [3.8, 4) is 0 Å². The van der Waals surface area contributed by atoms with Gasteiger partial charge in [-0.3, -0.25) is 37.3 Å². The van der Waals surface area contributed by atoms with Crippen molar-refractivity contribution >= 4 is 39.5 Å². The lowest BCUT2D eigenvalue weighted by atomic mass is 9.99. The minimum atomic E-state index is -4.97. The molecule has 0 bridgehead atoms. The van der Waals surface area contributed by atoms with E-state index in [0.29, 0.717) is 31.6 Å². The van der Waals surface area contributed by atoms with E-state index in [-0.39, 0.29) is 25.7 Å². The Morgan fingerprint density at radius 1 is 0.261 bits per heavy atom. The van der Waals surface area contributed by atoms with Crippen molar-refractivity contribution in [1.82, 2.24) is 0 Å². The molecule has 0 aromatic heterocycles. The normalized spacial score (nSPS) is 14.3. The van der Waals surface area contributed by atoms with Gasteiger partial charge in [-0.2, -0.15) is 0 Å². The Morgan fingerprint density at radius 3 is 0.685 bits per heavy atom. The van der Waals surface area contributed by atoms with E-state index in [1.54, 1.807) is 0 Å². The maximum absolute atomic E-state index is 13.2. The fourth-order valence-corrected chi connectivity index (χ4v) is 15.9. The average molecular weight is 1620 g/mol. The zero-order valence-electron chi connectivity index (χ0n) is 73.4. The Bertz CT molecular complexity index is 2130. The van der Waals surface area contributed by atoms with Crippen LogP contribution in [0.5, 0.6) is 0 Å². The Labute approximate surface area is 683 Å². The molecule has 0 heterocycles. The summed E-state index contributed by atoms with van der Waals surface area (Å²) in [5.74, 6) is 0.294. The summed E-state index contributed by atoms with van der Waals surface area (Å²) in [6.45, 7) is 12.0. The van der Waals surface area contributed by atoms with Crippen molar-refractivity contribution in [2.45, 2.75) is 510 Å². The van der Waals surface area contributed by atoms with E-state index in [1.807, 2.05) is 0 Å². The van der Waals surface area contributed by atoms with Gasteiger partial charge in [0.1, 0.15) is 19.3 Å². The lowest BCUT2D eigenvalue weighted by Crippen LogP contribution is -2.30. The summed E-state index contributed by atoms with van der Waals surface area (Å²) in [6.07, 6.45) is 75.3. The Morgan fingerprint density at radius 2 is 0.459 bits per heavy atom. The van der Waals surface area contributed by atoms with Gasteiger partial charge in [0.05, 0.1) is 26.4 Å². The number of ether oxygens (including phenoxy) is 4. The van der Waals surface area contributed by atoms with Crippen LogP contribution >= 0.6 is 15.6 Å². The van der Waals surface area contributed by atoms with E-state index >= 15 is 0 Å². The molecule has 0 rings (SSSR count).